The first kappa shape index (κ1) is 21.4. The second-order valence-electron chi connectivity index (χ2n) is 8.03. The summed E-state index contributed by atoms with van der Waals surface area (Å²) in [6, 6.07) is 10.1. The van der Waals surface area contributed by atoms with E-state index in [4.69, 9.17) is 17.3 Å². The Bertz CT molecular complexity index is 984. The fourth-order valence-electron chi connectivity index (χ4n) is 4.14. The quantitative estimate of drug-likeness (QED) is 0.557. The molecule has 1 aliphatic carbocycles. The normalized spacial score (nSPS) is 21.3. The molecule has 5 N–H and O–H groups in total. The van der Waals surface area contributed by atoms with Gasteiger partial charge in [-0.25, -0.2) is 4.98 Å². The highest BCUT2D eigenvalue weighted by Crippen LogP contribution is 2.30. The number of nitrogens with zero attached hydrogens (tertiary/aromatic N) is 2. The number of rotatable bonds is 5. The number of piperazine rings is 1. The molecular formula is C22H27ClN6O2. The summed E-state index contributed by atoms with van der Waals surface area (Å²) in [5.74, 6) is 0.0688. The first-order valence-corrected chi connectivity index (χ1v) is 10.9. The summed E-state index contributed by atoms with van der Waals surface area (Å²) in [5, 5.41) is 9.75. The summed E-state index contributed by atoms with van der Waals surface area (Å²) in [4.78, 5) is 32.0. The molecule has 1 saturated heterocycles. The Morgan fingerprint density at radius 2 is 2.16 bits per heavy atom. The maximum absolute atomic E-state index is 12.8. The fourth-order valence-corrected chi connectivity index (χ4v) is 4.33. The first-order chi connectivity index (χ1) is 14.9. The summed E-state index contributed by atoms with van der Waals surface area (Å²) in [5.41, 5.74) is 8.64. The Hall–Kier alpha value is -2.84. The zero-order valence-corrected chi connectivity index (χ0v) is 18.2. The predicted octanol–water partition coefficient (Wildman–Crippen LogP) is 1.40. The van der Waals surface area contributed by atoms with E-state index in [0.29, 0.717) is 23.9 Å². The number of halogens is 1. The van der Waals surface area contributed by atoms with E-state index in [9.17, 15) is 9.59 Å². The molecule has 0 saturated carbocycles. The summed E-state index contributed by atoms with van der Waals surface area (Å²) in [7, 11) is 0. The lowest BCUT2D eigenvalue weighted by molar-refractivity contribution is -0.130. The van der Waals surface area contributed by atoms with Crippen molar-refractivity contribution in [2.24, 2.45) is 0 Å². The average Bonchev–Trinajstić information content (AvgIpc) is 3.15. The fraction of sp³-hybridized carbons (Fsp3) is 0.409. The molecular weight excluding hydrogens is 416 g/mol. The average molecular weight is 443 g/mol. The second-order valence-corrected chi connectivity index (χ2v) is 8.47. The van der Waals surface area contributed by atoms with E-state index in [2.05, 4.69) is 25.8 Å². The van der Waals surface area contributed by atoms with Gasteiger partial charge < -0.3 is 26.6 Å². The lowest BCUT2D eigenvalue weighted by Crippen LogP contribution is -2.59. The van der Waals surface area contributed by atoms with Gasteiger partial charge in [-0.05, 0) is 49.6 Å². The number of fused-ring (bicyclic) bond motifs is 1. The van der Waals surface area contributed by atoms with Crippen LogP contribution in [0.15, 0.2) is 36.4 Å². The molecule has 0 bridgehead atoms. The number of nitrogens with two attached hydrogens (primary N) is 1. The largest absolute Gasteiger partial charge is 0.384 e. The van der Waals surface area contributed by atoms with Crippen LogP contribution < -0.4 is 26.6 Å². The lowest BCUT2D eigenvalue weighted by atomic mass is 10.1. The Morgan fingerprint density at radius 3 is 2.97 bits per heavy atom. The standard InChI is InChI=1S/C22H27ClN6O2/c1-13(21(30)28-18-7-6-17-16(18)5-8-20(24)27-17)26-22(31)19-12-29(10-9-25-19)15-4-2-3-14(23)11-15/h2-5,8,11,13,18-19,25H,6-7,9-10,12H2,1H3,(H2,24,27)(H,26,31)(H,28,30). The topological polar surface area (TPSA) is 112 Å². The molecule has 2 heterocycles. The summed E-state index contributed by atoms with van der Waals surface area (Å²) in [6.07, 6.45) is 1.55. The van der Waals surface area contributed by atoms with Gasteiger partial charge in [0.05, 0.1) is 6.04 Å². The molecule has 3 unspecified atom stereocenters. The number of anilines is 2. The molecule has 2 aromatic rings. The van der Waals surface area contributed by atoms with Crippen LogP contribution in [0.3, 0.4) is 0 Å². The van der Waals surface area contributed by atoms with Gasteiger partial charge in [-0.2, -0.15) is 0 Å². The van der Waals surface area contributed by atoms with Crippen molar-refractivity contribution in [3.8, 4) is 0 Å². The van der Waals surface area contributed by atoms with Crippen LogP contribution in [-0.4, -0.2) is 48.5 Å². The summed E-state index contributed by atoms with van der Waals surface area (Å²) >= 11 is 6.10. The van der Waals surface area contributed by atoms with Gasteiger partial charge in [-0.3, -0.25) is 9.59 Å². The number of carbonyl (C=O) groups excluding carboxylic acids is 2. The summed E-state index contributed by atoms with van der Waals surface area (Å²) < 4.78 is 0. The van der Waals surface area contributed by atoms with Crippen LogP contribution in [0.1, 0.15) is 30.6 Å². The van der Waals surface area contributed by atoms with E-state index in [1.54, 1.807) is 13.0 Å². The van der Waals surface area contributed by atoms with Crippen LogP contribution in [0.4, 0.5) is 11.5 Å². The minimum Gasteiger partial charge on any atom is -0.384 e. The number of hydrogen-bond donors (Lipinski definition) is 4. The van der Waals surface area contributed by atoms with Gasteiger partial charge in [0, 0.05) is 36.0 Å². The molecule has 2 amide bonds. The Morgan fingerprint density at radius 1 is 1.32 bits per heavy atom. The number of nitrogens with one attached hydrogen (secondary N) is 3. The van der Waals surface area contributed by atoms with Gasteiger partial charge in [-0.1, -0.05) is 23.7 Å². The molecule has 1 aromatic carbocycles. The number of carbonyl (C=O) groups is 2. The minimum atomic E-state index is -0.651. The number of hydrogen-bond acceptors (Lipinski definition) is 6. The van der Waals surface area contributed by atoms with Crippen molar-refractivity contribution < 1.29 is 9.59 Å². The molecule has 164 valence electrons. The third-order valence-corrected chi connectivity index (χ3v) is 6.05. The van der Waals surface area contributed by atoms with Crippen LogP contribution in [0.25, 0.3) is 0 Å². The predicted molar refractivity (Wildman–Crippen MR) is 121 cm³/mol. The SMILES string of the molecule is CC(NC(=O)C1CN(c2cccc(Cl)c2)CCN1)C(=O)NC1CCc2nc(N)ccc21. The highest BCUT2D eigenvalue weighted by Gasteiger charge is 2.30. The van der Waals surface area contributed by atoms with Crippen molar-refractivity contribution in [2.75, 3.05) is 30.3 Å². The number of benzene rings is 1. The Balaban J connectivity index is 1.32. The minimum absolute atomic E-state index is 0.110. The molecule has 0 spiro atoms. The lowest BCUT2D eigenvalue weighted by Gasteiger charge is -2.35. The Kier molecular flexibility index (Phi) is 6.29. The highest BCUT2D eigenvalue weighted by molar-refractivity contribution is 6.30. The molecule has 9 heteroatoms. The Labute approximate surface area is 186 Å². The summed E-state index contributed by atoms with van der Waals surface area (Å²) in [6.45, 7) is 3.64. The number of aromatic nitrogens is 1. The third kappa shape index (κ3) is 4.91. The van der Waals surface area contributed by atoms with E-state index in [0.717, 1.165) is 36.3 Å². The molecule has 31 heavy (non-hydrogen) atoms. The van der Waals surface area contributed by atoms with Gasteiger partial charge in [-0.15, -0.1) is 0 Å². The first-order valence-electron chi connectivity index (χ1n) is 10.5. The molecule has 1 aromatic heterocycles. The van der Waals surface area contributed by atoms with E-state index in [1.807, 2.05) is 30.3 Å². The van der Waals surface area contributed by atoms with Crippen molar-refractivity contribution in [2.45, 2.75) is 37.9 Å². The van der Waals surface area contributed by atoms with Crippen molar-refractivity contribution in [1.82, 2.24) is 20.9 Å². The van der Waals surface area contributed by atoms with Gasteiger partial charge in [0.1, 0.15) is 17.9 Å². The molecule has 1 aliphatic heterocycles. The van der Waals surface area contributed by atoms with Gasteiger partial charge in [0.15, 0.2) is 0 Å². The number of amides is 2. The van der Waals surface area contributed by atoms with Crippen LogP contribution in [0.2, 0.25) is 5.02 Å². The molecule has 8 nitrogen and oxygen atoms in total. The van der Waals surface area contributed by atoms with Crippen LogP contribution >= 0.6 is 11.6 Å². The van der Waals surface area contributed by atoms with E-state index in [1.165, 1.54) is 0 Å². The van der Waals surface area contributed by atoms with Gasteiger partial charge in [0.25, 0.3) is 0 Å². The van der Waals surface area contributed by atoms with Crippen LogP contribution in [-0.2, 0) is 16.0 Å². The highest BCUT2D eigenvalue weighted by atomic mass is 35.5. The van der Waals surface area contributed by atoms with Crippen molar-refractivity contribution in [3.05, 3.63) is 52.7 Å². The van der Waals surface area contributed by atoms with E-state index in [-0.39, 0.29) is 17.9 Å². The molecule has 0 radical (unpaired) electrons. The maximum Gasteiger partial charge on any atom is 0.242 e. The number of pyridine rings is 1. The van der Waals surface area contributed by atoms with Crippen molar-refractivity contribution in [3.63, 3.8) is 0 Å². The number of aryl methyl sites for hydroxylation is 1. The zero-order chi connectivity index (χ0) is 22.0. The monoisotopic (exact) mass is 442 g/mol. The smallest absolute Gasteiger partial charge is 0.242 e. The van der Waals surface area contributed by atoms with Crippen LogP contribution in [0.5, 0.6) is 0 Å². The molecule has 4 rings (SSSR count). The van der Waals surface area contributed by atoms with E-state index >= 15 is 0 Å². The van der Waals surface area contributed by atoms with Crippen LogP contribution in [0, 0.1) is 0 Å². The van der Waals surface area contributed by atoms with E-state index < -0.39 is 12.1 Å². The molecule has 1 fully saturated rings. The van der Waals surface area contributed by atoms with Crippen molar-refractivity contribution >= 4 is 34.9 Å². The van der Waals surface area contributed by atoms with Gasteiger partial charge in [0.2, 0.25) is 11.8 Å². The molecule has 2 aliphatic rings. The van der Waals surface area contributed by atoms with Gasteiger partial charge >= 0.3 is 0 Å². The zero-order valence-electron chi connectivity index (χ0n) is 17.4. The molecule has 3 atom stereocenters. The maximum atomic E-state index is 12.8. The third-order valence-electron chi connectivity index (χ3n) is 5.81. The van der Waals surface area contributed by atoms with Crippen molar-refractivity contribution in [1.29, 1.82) is 0 Å². The second kappa shape index (κ2) is 9.11. The number of nitrogen functional groups attached to an aromatic ring is 1.